The number of hydrogen-bond acceptors (Lipinski definition) is 7. The second-order valence-electron chi connectivity index (χ2n) is 7.98. The SMILES string of the molecule is COc1ccc(N2CCN(C(=O)Cn3nc4nc(Nc5ccccc5)ccn4c3=O)CC2)cc1. The van der Waals surface area contributed by atoms with Gasteiger partial charge in [-0.15, -0.1) is 5.10 Å². The molecule has 1 aliphatic heterocycles. The van der Waals surface area contributed by atoms with E-state index in [1.54, 1.807) is 24.3 Å². The van der Waals surface area contributed by atoms with Crippen LogP contribution in [0.4, 0.5) is 17.2 Å². The zero-order chi connectivity index (χ0) is 23.5. The van der Waals surface area contributed by atoms with Crippen molar-refractivity contribution in [1.29, 1.82) is 0 Å². The Morgan fingerprint density at radius 1 is 1.00 bits per heavy atom. The molecule has 174 valence electrons. The second-order valence-corrected chi connectivity index (χ2v) is 7.98. The molecule has 10 heteroatoms. The lowest BCUT2D eigenvalue weighted by Gasteiger charge is -2.36. The molecule has 0 atom stereocenters. The predicted molar refractivity (Wildman–Crippen MR) is 129 cm³/mol. The summed E-state index contributed by atoms with van der Waals surface area (Å²) in [7, 11) is 1.64. The van der Waals surface area contributed by atoms with Crippen molar-refractivity contribution in [3.8, 4) is 5.75 Å². The van der Waals surface area contributed by atoms with Gasteiger partial charge in [-0.05, 0) is 42.5 Å². The summed E-state index contributed by atoms with van der Waals surface area (Å²) in [6.07, 6.45) is 1.61. The molecule has 1 amide bonds. The number of ether oxygens (including phenoxy) is 1. The summed E-state index contributed by atoms with van der Waals surface area (Å²) in [5, 5.41) is 7.45. The van der Waals surface area contributed by atoms with Crippen LogP contribution < -0.4 is 20.6 Å². The summed E-state index contributed by atoms with van der Waals surface area (Å²) in [5.41, 5.74) is 1.58. The van der Waals surface area contributed by atoms with Gasteiger partial charge in [-0.2, -0.15) is 4.98 Å². The zero-order valence-corrected chi connectivity index (χ0v) is 18.8. The van der Waals surface area contributed by atoms with Crippen molar-refractivity contribution in [3.05, 3.63) is 77.3 Å². The van der Waals surface area contributed by atoms with Crippen LogP contribution in [0, 0.1) is 0 Å². The molecule has 1 aliphatic rings. The minimum Gasteiger partial charge on any atom is -0.497 e. The smallest absolute Gasteiger partial charge is 0.352 e. The van der Waals surface area contributed by atoms with Gasteiger partial charge in [0.15, 0.2) is 0 Å². The van der Waals surface area contributed by atoms with E-state index in [2.05, 4.69) is 20.3 Å². The highest BCUT2D eigenvalue weighted by atomic mass is 16.5. The van der Waals surface area contributed by atoms with E-state index in [0.717, 1.165) is 17.1 Å². The van der Waals surface area contributed by atoms with Crippen LogP contribution in [0.2, 0.25) is 0 Å². The van der Waals surface area contributed by atoms with Gasteiger partial charge >= 0.3 is 5.69 Å². The van der Waals surface area contributed by atoms with E-state index in [1.165, 1.54) is 9.08 Å². The van der Waals surface area contributed by atoms with Crippen LogP contribution in [0.3, 0.4) is 0 Å². The lowest BCUT2D eigenvalue weighted by Crippen LogP contribution is -2.50. The van der Waals surface area contributed by atoms with Gasteiger partial charge < -0.3 is 19.9 Å². The number of amides is 1. The van der Waals surface area contributed by atoms with Crippen LogP contribution in [0.15, 0.2) is 71.7 Å². The van der Waals surface area contributed by atoms with E-state index in [0.29, 0.717) is 32.0 Å². The number of methoxy groups -OCH3 is 1. The fraction of sp³-hybridized carbons (Fsp3) is 0.250. The van der Waals surface area contributed by atoms with Crippen LogP contribution in [-0.4, -0.2) is 63.3 Å². The Morgan fingerprint density at radius 2 is 1.74 bits per heavy atom. The topological polar surface area (TPSA) is 97.0 Å². The highest BCUT2D eigenvalue weighted by Gasteiger charge is 2.23. The molecule has 4 aromatic rings. The number of nitrogens with one attached hydrogen (secondary N) is 1. The normalized spacial score (nSPS) is 13.8. The molecular formula is C24H25N7O3. The molecule has 0 saturated carbocycles. The summed E-state index contributed by atoms with van der Waals surface area (Å²) < 4.78 is 7.72. The average Bonchev–Trinajstić information content (AvgIpc) is 3.19. The van der Waals surface area contributed by atoms with Crippen molar-refractivity contribution in [2.45, 2.75) is 6.54 Å². The maximum atomic E-state index is 12.9. The molecule has 1 fully saturated rings. The minimum atomic E-state index is -0.390. The molecule has 2 aromatic carbocycles. The first kappa shape index (κ1) is 21.5. The minimum absolute atomic E-state index is 0.119. The Bertz CT molecular complexity index is 1340. The highest BCUT2D eigenvalue weighted by Crippen LogP contribution is 2.20. The highest BCUT2D eigenvalue weighted by molar-refractivity contribution is 5.76. The third kappa shape index (κ3) is 4.42. The largest absolute Gasteiger partial charge is 0.497 e. The number of anilines is 3. The Hall–Kier alpha value is -4.34. The molecule has 1 N–H and O–H groups in total. The van der Waals surface area contributed by atoms with Gasteiger partial charge in [-0.1, -0.05) is 18.2 Å². The monoisotopic (exact) mass is 459 g/mol. The van der Waals surface area contributed by atoms with Gasteiger partial charge in [0.1, 0.15) is 18.1 Å². The van der Waals surface area contributed by atoms with E-state index in [4.69, 9.17) is 4.74 Å². The van der Waals surface area contributed by atoms with Gasteiger partial charge in [-0.3, -0.25) is 4.79 Å². The first-order valence-electron chi connectivity index (χ1n) is 11.1. The first-order valence-corrected chi connectivity index (χ1v) is 11.1. The molecule has 0 spiro atoms. The standard InChI is InChI=1S/C24H25N7O3/c1-34-20-9-7-19(8-10-20)28-13-15-29(16-14-28)22(32)17-31-24(33)30-12-11-21(26-23(30)27-31)25-18-5-3-2-4-6-18/h2-12H,13-17H2,1H3,(H,25,26,27). The maximum absolute atomic E-state index is 12.9. The Balaban J connectivity index is 1.23. The molecule has 3 heterocycles. The van der Waals surface area contributed by atoms with Gasteiger partial charge in [0.05, 0.1) is 7.11 Å². The molecule has 5 rings (SSSR count). The summed E-state index contributed by atoms with van der Waals surface area (Å²) >= 11 is 0. The summed E-state index contributed by atoms with van der Waals surface area (Å²) in [5.74, 6) is 1.48. The summed E-state index contributed by atoms with van der Waals surface area (Å²) in [6, 6.07) is 19.2. The average molecular weight is 460 g/mol. The number of para-hydroxylation sites is 1. The lowest BCUT2D eigenvalue weighted by atomic mass is 10.2. The van der Waals surface area contributed by atoms with Gasteiger partial charge in [0.2, 0.25) is 5.91 Å². The van der Waals surface area contributed by atoms with Crippen molar-refractivity contribution in [1.82, 2.24) is 24.1 Å². The van der Waals surface area contributed by atoms with E-state index in [-0.39, 0.29) is 23.9 Å². The molecule has 0 radical (unpaired) electrons. The molecular weight excluding hydrogens is 434 g/mol. The molecule has 10 nitrogen and oxygen atoms in total. The van der Waals surface area contributed by atoms with Crippen molar-refractivity contribution in [3.63, 3.8) is 0 Å². The Labute approximate surface area is 196 Å². The molecule has 0 bridgehead atoms. The number of carbonyl (C=O) groups is 1. The van der Waals surface area contributed by atoms with Gasteiger partial charge in [0, 0.05) is 43.8 Å². The van der Waals surface area contributed by atoms with E-state index >= 15 is 0 Å². The fourth-order valence-corrected chi connectivity index (χ4v) is 3.98. The van der Waals surface area contributed by atoms with E-state index < -0.39 is 0 Å². The Kier molecular flexibility index (Phi) is 5.86. The lowest BCUT2D eigenvalue weighted by molar-refractivity contribution is -0.132. The van der Waals surface area contributed by atoms with Crippen LogP contribution in [0.1, 0.15) is 0 Å². The van der Waals surface area contributed by atoms with E-state index in [1.807, 2.05) is 54.6 Å². The van der Waals surface area contributed by atoms with Crippen LogP contribution >= 0.6 is 0 Å². The number of rotatable bonds is 6. The third-order valence-corrected chi connectivity index (χ3v) is 5.86. The van der Waals surface area contributed by atoms with Crippen molar-refractivity contribution < 1.29 is 9.53 Å². The molecule has 0 unspecified atom stereocenters. The molecule has 2 aromatic heterocycles. The summed E-state index contributed by atoms with van der Waals surface area (Å²) in [4.78, 5) is 34.0. The summed E-state index contributed by atoms with van der Waals surface area (Å²) in [6.45, 7) is 2.47. The third-order valence-electron chi connectivity index (χ3n) is 5.86. The second kappa shape index (κ2) is 9.26. The van der Waals surface area contributed by atoms with Gasteiger partial charge in [0.25, 0.3) is 5.78 Å². The zero-order valence-electron chi connectivity index (χ0n) is 18.8. The van der Waals surface area contributed by atoms with Gasteiger partial charge in [-0.25, -0.2) is 13.9 Å². The number of hydrogen-bond donors (Lipinski definition) is 1. The van der Waals surface area contributed by atoms with Crippen LogP contribution in [0.5, 0.6) is 5.75 Å². The number of carbonyl (C=O) groups excluding carboxylic acids is 1. The van der Waals surface area contributed by atoms with E-state index in [9.17, 15) is 9.59 Å². The van der Waals surface area contributed by atoms with Crippen LogP contribution in [-0.2, 0) is 11.3 Å². The fourth-order valence-electron chi connectivity index (χ4n) is 3.98. The number of nitrogens with zero attached hydrogens (tertiary/aromatic N) is 6. The molecule has 34 heavy (non-hydrogen) atoms. The number of piperazine rings is 1. The van der Waals surface area contributed by atoms with Crippen molar-refractivity contribution in [2.24, 2.45) is 0 Å². The first-order chi connectivity index (χ1) is 16.6. The number of aromatic nitrogens is 4. The molecule has 1 saturated heterocycles. The number of benzene rings is 2. The molecule has 0 aliphatic carbocycles. The van der Waals surface area contributed by atoms with Crippen molar-refractivity contribution in [2.75, 3.05) is 43.5 Å². The van der Waals surface area contributed by atoms with Crippen molar-refractivity contribution >= 4 is 28.9 Å². The van der Waals surface area contributed by atoms with Crippen LogP contribution in [0.25, 0.3) is 5.78 Å². The Morgan fingerprint density at radius 3 is 2.44 bits per heavy atom. The predicted octanol–water partition coefficient (Wildman–Crippen LogP) is 1.99. The quantitative estimate of drug-likeness (QED) is 0.471. The maximum Gasteiger partial charge on any atom is 0.352 e. The number of fused-ring (bicyclic) bond motifs is 1.